The zero-order chi connectivity index (χ0) is 20.8. The molecule has 11 heteroatoms. The van der Waals surface area contributed by atoms with Crippen molar-refractivity contribution < 1.29 is 17.6 Å². The van der Waals surface area contributed by atoms with Crippen molar-refractivity contribution in [3.05, 3.63) is 53.4 Å². The predicted molar refractivity (Wildman–Crippen MR) is 105 cm³/mol. The van der Waals surface area contributed by atoms with Gasteiger partial charge in [0.15, 0.2) is 5.82 Å². The summed E-state index contributed by atoms with van der Waals surface area (Å²) in [6.45, 7) is -0.126. The third kappa shape index (κ3) is 3.91. The van der Waals surface area contributed by atoms with Crippen LogP contribution in [0.3, 0.4) is 0 Å². The van der Waals surface area contributed by atoms with Gasteiger partial charge in [-0.25, -0.2) is 22.5 Å². The van der Waals surface area contributed by atoms with Crippen molar-refractivity contribution in [3.8, 4) is 6.07 Å². The molecule has 0 bridgehead atoms. The van der Waals surface area contributed by atoms with Gasteiger partial charge in [0.1, 0.15) is 17.4 Å². The van der Waals surface area contributed by atoms with E-state index in [1.165, 1.54) is 10.8 Å². The van der Waals surface area contributed by atoms with Crippen LogP contribution in [0.25, 0.3) is 11.0 Å². The highest BCUT2D eigenvalue weighted by Crippen LogP contribution is 2.32. The highest BCUT2D eigenvalue weighted by atomic mass is 35.5. The van der Waals surface area contributed by atoms with Crippen LogP contribution >= 0.6 is 12.4 Å². The molecule has 1 saturated heterocycles. The molecule has 3 heterocycles. The molecule has 1 aliphatic heterocycles. The number of nitrogens with zero attached hydrogens (tertiary/aromatic N) is 5. The Bertz CT molecular complexity index is 1110. The number of fused-ring (bicyclic) bond motifs is 1. The quantitative estimate of drug-likeness (QED) is 0.632. The van der Waals surface area contributed by atoms with Gasteiger partial charge in [0.2, 0.25) is 5.95 Å². The molecule has 6 nitrogen and oxygen atoms in total. The van der Waals surface area contributed by atoms with Crippen LogP contribution in [-0.2, 0) is 6.54 Å². The van der Waals surface area contributed by atoms with Crippen molar-refractivity contribution in [2.75, 3.05) is 18.0 Å². The summed E-state index contributed by atoms with van der Waals surface area (Å²) in [5.41, 5.74) is 6.61. The maximum atomic E-state index is 14.3. The maximum absolute atomic E-state index is 14.3. The van der Waals surface area contributed by atoms with E-state index in [-0.39, 0.29) is 49.0 Å². The van der Waals surface area contributed by atoms with Gasteiger partial charge in [-0.3, -0.25) is 4.98 Å². The fraction of sp³-hybridized carbons (Fsp3) is 0.316. The van der Waals surface area contributed by atoms with E-state index in [0.717, 1.165) is 12.1 Å². The molecule has 1 atom stereocenters. The molecule has 0 spiro atoms. The summed E-state index contributed by atoms with van der Waals surface area (Å²) in [6.07, 6.45) is 0.913. The number of nitriles is 1. The van der Waals surface area contributed by atoms with Gasteiger partial charge in [-0.2, -0.15) is 5.26 Å². The number of benzene rings is 1. The minimum atomic E-state index is -3.00. The summed E-state index contributed by atoms with van der Waals surface area (Å²) in [5, 5.41) is 8.90. The lowest BCUT2D eigenvalue weighted by Crippen LogP contribution is -2.55. The number of imidazole rings is 1. The number of halogens is 5. The molecular formula is C19H17ClF4N6. The molecule has 3 aromatic rings. The molecule has 0 radical (unpaired) electrons. The fourth-order valence-corrected chi connectivity index (χ4v) is 3.39. The van der Waals surface area contributed by atoms with E-state index in [9.17, 15) is 17.6 Å². The second kappa shape index (κ2) is 8.08. The van der Waals surface area contributed by atoms with E-state index < -0.39 is 30.0 Å². The first-order chi connectivity index (χ1) is 13.8. The number of nitrogens with two attached hydrogens (primary N) is 1. The topological polar surface area (TPSA) is 83.8 Å². The van der Waals surface area contributed by atoms with Gasteiger partial charge in [0, 0.05) is 37.8 Å². The van der Waals surface area contributed by atoms with E-state index in [4.69, 9.17) is 11.0 Å². The first kappa shape index (κ1) is 21.8. The fourth-order valence-electron chi connectivity index (χ4n) is 3.39. The number of piperidine rings is 1. The van der Waals surface area contributed by atoms with Crippen LogP contribution < -0.4 is 10.6 Å². The van der Waals surface area contributed by atoms with Gasteiger partial charge < -0.3 is 15.2 Å². The zero-order valence-corrected chi connectivity index (χ0v) is 16.3. The molecule has 2 N–H and O–H groups in total. The zero-order valence-electron chi connectivity index (χ0n) is 15.5. The van der Waals surface area contributed by atoms with Crippen LogP contribution in [0.4, 0.5) is 23.5 Å². The van der Waals surface area contributed by atoms with Gasteiger partial charge >= 0.3 is 0 Å². The number of hydrogen-bond acceptors (Lipinski definition) is 5. The van der Waals surface area contributed by atoms with Crippen LogP contribution in [0.15, 0.2) is 30.5 Å². The first-order valence-electron chi connectivity index (χ1n) is 8.87. The lowest BCUT2D eigenvalue weighted by molar-refractivity contribution is -0.0395. The molecule has 158 valence electrons. The number of pyridine rings is 1. The van der Waals surface area contributed by atoms with E-state index in [2.05, 4.69) is 9.97 Å². The summed E-state index contributed by atoms with van der Waals surface area (Å²) in [6, 6.07) is 5.59. The monoisotopic (exact) mass is 440 g/mol. The SMILES string of the molecule is Cl.N#Cc1ccc(Cn2c(N3CCC(F)(F)C(N)C3)nc3c(F)cc(F)cc32)nc1. The van der Waals surface area contributed by atoms with Crippen LogP contribution in [0.1, 0.15) is 17.7 Å². The number of alkyl halides is 2. The number of rotatable bonds is 3. The van der Waals surface area contributed by atoms with E-state index >= 15 is 0 Å². The average molecular weight is 441 g/mol. The molecule has 1 fully saturated rings. The molecule has 0 saturated carbocycles. The molecule has 4 rings (SSSR count). The number of hydrogen-bond donors (Lipinski definition) is 1. The van der Waals surface area contributed by atoms with Gasteiger partial charge in [-0.05, 0) is 12.1 Å². The molecule has 2 aromatic heterocycles. The molecular weight excluding hydrogens is 424 g/mol. The van der Waals surface area contributed by atoms with Crippen molar-refractivity contribution in [1.82, 2.24) is 14.5 Å². The highest BCUT2D eigenvalue weighted by Gasteiger charge is 2.42. The van der Waals surface area contributed by atoms with Gasteiger partial charge in [-0.15, -0.1) is 12.4 Å². The number of aromatic nitrogens is 3. The summed E-state index contributed by atoms with van der Waals surface area (Å²) in [7, 11) is 0. The molecule has 1 aliphatic rings. The third-order valence-electron chi connectivity index (χ3n) is 4.98. The molecule has 1 aromatic carbocycles. The Balaban J connectivity index is 0.00000256. The van der Waals surface area contributed by atoms with Crippen molar-refractivity contribution in [3.63, 3.8) is 0 Å². The Kier molecular flexibility index (Phi) is 5.87. The van der Waals surface area contributed by atoms with E-state index in [1.807, 2.05) is 6.07 Å². The molecule has 1 unspecified atom stereocenters. The van der Waals surface area contributed by atoms with Gasteiger partial charge in [0.25, 0.3) is 5.92 Å². The van der Waals surface area contributed by atoms with Crippen LogP contribution in [-0.4, -0.2) is 39.6 Å². The van der Waals surface area contributed by atoms with Crippen molar-refractivity contribution in [2.24, 2.45) is 5.73 Å². The molecule has 0 aliphatic carbocycles. The number of anilines is 1. The van der Waals surface area contributed by atoms with Crippen molar-refractivity contribution >= 4 is 29.4 Å². The summed E-state index contributed by atoms with van der Waals surface area (Å²) >= 11 is 0. The van der Waals surface area contributed by atoms with Crippen molar-refractivity contribution in [2.45, 2.75) is 24.9 Å². The second-order valence-corrected chi connectivity index (χ2v) is 6.97. The predicted octanol–water partition coefficient (Wildman–Crippen LogP) is 3.22. The Morgan fingerprint density at radius 2 is 2.03 bits per heavy atom. The summed E-state index contributed by atoms with van der Waals surface area (Å²) in [5.74, 6) is -4.42. The van der Waals surface area contributed by atoms with Gasteiger partial charge in [-0.1, -0.05) is 0 Å². The van der Waals surface area contributed by atoms with Crippen LogP contribution in [0.2, 0.25) is 0 Å². The Morgan fingerprint density at radius 3 is 2.67 bits per heavy atom. The second-order valence-electron chi connectivity index (χ2n) is 6.97. The summed E-state index contributed by atoms with van der Waals surface area (Å²) in [4.78, 5) is 9.98. The largest absolute Gasteiger partial charge is 0.340 e. The third-order valence-corrected chi connectivity index (χ3v) is 4.98. The summed E-state index contributed by atoms with van der Waals surface area (Å²) < 4.78 is 57.3. The normalized spacial score (nSPS) is 18.1. The Morgan fingerprint density at radius 1 is 1.27 bits per heavy atom. The average Bonchev–Trinajstić information content (AvgIpc) is 3.03. The Labute approximate surface area is 175 Å². The standard InChI is InChI=1S/C19H16F4N6.ClH/c20-12-5-14(21)17-15(6-12)29(9-13-2-1-11(7-24)8-26-13)18(27-17)28-4-3-19(22,23)16(25)10-28;/h1-2,5-6,8,16H,3-4,9-10,25H2;1H. The van der Waals surface area contributed by atoms with E-state index in [1.54, 1.807) is 17.0 Å². The lowest BCUT2D eigenvalue weighted by Gasteiger charge is -2.37. The minimum absolute atomic E-state index is 0. The van der Waals surface area contributed by atoms with Crippen molar-refractivity contribution in [1.29, 1.82) is 5.26 Å². The highest BCUT2D eigenvalue weighted by molar-refractivity contribution is 5.85. The van der Waals surface area contributed by atoms with E-state index in [0.29, 0.717) is 11.3 Å². The lowest BCUT2D eigenvalue weighted by atomic mass is 10.0. The minimum Gasteiger partial charge on any atom is -0.340 e. The first-order valence-corrected chi connectivity index (χ1v) is 8.87. The van der Waals surface area contributed by atoms with Crippen LogP contribution in [0.5, 0.6) is 0 Å². The Hall–Kier alpha value is -2.90. The molecule has 0 amide bonds. The van der Waals surface area contributed by atoms with Crippen LogP contribution in [0, 0.1) is 23.0 Å². The molecule has 30 heavy (non-hydrogen) atoms. The smallest absolute Gasteiger partial charge is 0.266 e. The maximum Gasteiger partial charge on any atom is 0.266 e. The van der Waals surface area contributed by atoms with Gasteiger partial charge in [0.05, 0.1) is 29.4 Å².